The minimum absolute atomic E-state index is 0.374. The summed E-state index contributed by atoms with van der Waals surface area (Å²) in [6, 6.07) is 15.7. The topological polar surface area (TPSA) is 127 Å². The van der Waals surface area contributed by atoms with Gasteiger partial charge in [0.1, 0.15) is 5.72 Å². The molecule has 2 aliphatic rings. The van der Waals surface area contributed by atoms with Crippen LogP contribution < -0.4 is 5.32 Å². The molecular weight excluding hydrogens is 314 g/mol. The first-order valence-corrected chi connectivity index (χ1v) is 8.23. The van der Waals surface area contributed by atoms with Crippen LogP contribution in [0.2, 0.25) is 0 Å². The molecule has 0 bridgehead atoms. The molecule has 3 rings (SSSR count). The van der Waals surface area contributed by atoms with Crippen LogP contribution in [0.1, 0.15) is 37.3 Å². The van der Waals surface area contributed by atoms with Gasteiger partial charge in [0.25, 0.3) is 0 Å². The van der Waals surface area contributed by atoms with Gasteiger partial charge in [-0.2, -0.15) is 21.0 Å². The van der Waals surface area contributed by atoms with E-state index in [9.17, 15) is 26.2 Å². The van der Waals surface area contributed by atoms with E-state index in [0.29, 0.717) is 18.4 Å². The van der Waals surface area contributed by atoms with Gasteiger partial charge in [0.2, 0.25) is 0 Å². The highest BCUT2D eigenvalue weighted by molar-refractivity contribution is 5.45. The fourth-order valence-electron chi connectivity index (χ4n) is 4.43. The van der Waals surface area contributed by atoms with Crippen molar-refractivity contribution in [3.05, 3.63) is 35.9 Å². The second-order valence-corrected chi connectivity index (χ2v) is 6.77. The number of rotatable bonds is 1. The minimum Gasteiger partial charge on any atom is -0.375 e. The molecule has 25 heavy (non-hydrogen) atoms. The third-order valence-corrected chi connectivity index (χ3v) is 5.69. The van der Waals surface area contributed by atoms with Gasteiger partial charge in [-0.1, -0.05) is 36.8 Å². The summed E-state index contributed by atoms with van der Waals surface area (Å²) in [6.07, 6.45) is 2.28. The fraction of sp³-hybridized carbons (Fsp3) is 0.474. The quantitative estimate of drug-likeness (QED) is 0.812. The molecule has 2 N–H and O–H groups in total. The monoisotopic (exact) mass is 331 g/mol. The zero-order valence-corrected chi connectivity index (χ0v) is 13.6. The Morgan fingerprint density at radius 3 is 2.08 bits per heavy atom. The average Bonchev–Trinajstić information content (AvgIpc) is 2.66. The van der Waals surface area contributed by atoms with Crippen molar-refractivity contribution >= 4 is 0 Å². The van der Waals surface area contributed by atoms with Gasteiger partial charge >= 0.3 is 0 Å². The Morgan fingerprint density at radius 1 is 0.920 bits per heavy atom. The lowest BCUT2D eigenvalue weighted by Gasteiger charge is -2.56. The van der Waals surface area contributed by atoms with Gasteiger partial charge in [-0.25, -0.2) is 0 Å². The molecule has 0 spiro atoms. The van der Waals surface area contributed by atoms with Crippen LogP contribution in [0, 0.1) is 62.1 Å². The highest BCUT2D eigenvalue weighted by atomic mass is 16.3. The van der Waals surface area contributed by atoms with Crippen LogP contribution in [0.15, 0.2) is 30.3 Å². The third-order valence-electron chi connectivity index (χ3n) is 5.69. The van der Waals surface area contributed by atoms with E-state index in [2.05, 4.69) is 5.32 Å². The smallest absolute Gasteiger partial charge is 0.195 e. The van der Waals surface area contributed by atoms with Gasteiger partial charge in [-0.15, -0.1) is 0 Å². The molecule has 1 heterocycles. The molecular formula is C19H17N5O. The van der Waals surface area contributed by atoms with E-state index >= 15 is 0 Å². The highest BCUT2D eigenvalue weighted by Gasteiger charge is 2.71. The number of nitrogens with one attached hydrogen (secondary N) is 1. The molecule has 6 nitrogen and oxygen atoms in total. The molecule has 1 aromatic carbocycles. The van der Waals surface area contributed by atoms with Crippen LogP contribution in [-0.4, -0.2) is 10.8 Å². The normalized spacial score (nSPS) is 32.0. The number of hydrogen-bond acceptors (Lipinski definition) is 6. The van der Waals surface area contributed by atoms with Gasteiger partial charge in [0.15, 0.2) is 10.8 Å². The molecule has 1 aliphatic heterocycles. The summed E-state index contributed by atoms with van der Waals surface area (Å²) < 4.78 is 0. The molecule has 1 saturated carbocycles. The maximum Gasteiger partial charge on any atom is 0.195 e. The van der Waals surface area contributed by atoms with Gasteiger partial charge in [0.05, 0.1) is 30.3 Å². The zero-order chi connectivity index (χ0) is 18.1. The van der Waals surface area contributed by atoms with Crippen molar-refractivity contribution in [3.8, 4) is 24.3 Å². The van der Waals surface area contributed by atoms with Crippen LogP contribution in [0.3, 0.4) is 0 Å². The van der Waals surface area contributed by atoms with E-state index in [4.69, 9.17) is 0 Å². The van der Waals surface area contributed by atoms with Gasteiger partial charge in [-0.05, 0) is 24.8 Å². The van der Waals surface area contributed by atoms with Crippen molar-refractivity contribution in [3.63, 3.8) is 0 Å². The number of nitriles is 4. The van der Waals surface area contributed by atoms with Crippen LogP contribution >= 0.6 is 0 Å². The molecule has 1 saturated heterocycles. The molecule has 1 aliphatic carbocycles. The molecule has 1 aromatic rings. The first-order valence-electron chi connectivity index (χ1n) is 8.23. The Labute approximate surface area is 146 Å². The Balaban J connectivity index is 2.31. The SMILES string of the molecule is N#CC1(C#N)C(c2ccccc2)NC2(O)CCCCC2C1(C#N)C#N. The Kier molecular flexibility index (Phi) is 3.98. The molecule has 0 aromatic heterocycles. The second kappa shape index (κ2) is 5.87. The maximum atomic E-state index is 11.2. The molecule has 6 heteroatoms. The zero-order valence-electron chi connectivity index (χ0n) is 13.6. The second-order valence-electron chi connectivity index (χ2n) is 6.77. The van der Waals surface area contributed by atoms with Crippen molar-refractivity contribution < 1.29 is 5.11 Å². The first-order chi connectivity index (χ1) is 12.0. The van der Waals surface area contributed by atoms with Crippen LogP contribution in [-0.2, 0) is 0 Å². The summed E-state index contributed by atoms with van der Waals surface area (Å²) >= 11 is 0. The predicted molar refractivity (Wildman–Crippen MR) is 86.5 cm³/mol. The van der Waals surface area contributed by atoms with E-state index in [0.717, 1.165) is 12.8 Å². The number of nitrogens with zero attached hydrogens (tertiary/aromatic N) is 4. The number of benzene rings is 1. The summed E-state index contributed by atoms with van der Waals surface area (Å²) in [5.41, 5.74) is -4.71. The van der Waals surface area contributed by atoms with E-state index < -0.39 is 28.5 Å². The molecule has 0 amide bonds. The van der Waals surface area contributed by atoms with Crippen molar-refractivity contribution in [2.75, 3.05) is 0 Å². The fourth-order valence-corrected chi connectivity index (χ4v) is 4.43. The first kappa shape index (κ1) is 16.9. The van der Waals surface area contributed by atoms with E-state index in [1.807, 2.05) is 24.3 Å². The maximum absolute atomic E-state index is 11.2. The third kappa shape index (κ3) is 2.06. The summed E-state index contributed by atoms with van der Waals surface area (Å²) in [5.74, 6) is -0.803. The van der Waals surface area contributed by atoms with E-state index in [1.54, 1.807) is 30.3 Å². The van der Waals surface area contributed by atoms with Crippen molar-refractivity contribution in [2.45, 2.75) is 37.5 Å². The highest BCUT2D eigenvalue weighted by Crippen LogP contribution is 2.61. The standard InChI is InChI=1S/C19H17N5O/c20-10-17(11-21)15-8-4-5-9-19(15,25)24-16(18(17,12-22)13-23)14-6-2-1-3-7-14/h1-3,6-7,15-16,24-25H,4-5,8-9H2. The van der Waals surface area contributed by atoms with Crippen LogP contribution in [0.5, 0.6) is 0 Å². The molecule has 0 radical (unpaired) electrons. The molecule has 2 fully saturated rings. The molecule has 124 valence electrons. The Morgan fingerprint density at radius 2 is 1.52 bits per heavy atom. The van der Waals surface area contributed by atoms with Crippen molar-refractivity contribution in [1.82, 2.24) is 5.32 Å². The summed E-state index contributed by atoms with van der Waals surface area (Å²) in [7, 11) is 0. The number of aliphatic hydroxyl groups is 1. The van der Waals surface area contributed by atoms with Gasteiger partial charge < -0.3 is 5.11 Å². The van der Waals surface area contributed by atoms with Crippen molar-refractivity contribution in [2.24, 2.45) is 16.7 Å². The summed E-state index contributed by atoms with van der Waals surface area (Å²) in [5, 5.41) is 54.1. The van der Waals surface area contributed by atoms with E-state index in [-0.39, 0.29) is 0 Å². The summed E-state index contributed by atoms with van der Waals surface area (Å²) in [6.45, 7) is 0. The summed E-state index contributed by atoms with van der Waals surface area (Å²) in [4.78, 5) is 0. The number of piperidine rings is 1. The van der Waals surface area contributed by atoms with Crippen LogP contribution in [0.4, 0.5) is 0 Å². The number of fused-ring (bicyclic) bond motifs is 1. The largest absolute Gasteiger partial charge is 0.375 e. The number of hydrogen-bond donors (Lipinski definition) is 2. The van der Waals surface area contributed by atoms with Gasteiger partial charge in [-0.3, -0.25) is 5.32 Å². The van der Waals surface area contributed by atoms with Gasteiger partial charge in [0, 0.05) is 5.92 Å². The van der Waals surface area contributed by atoms with E-state index in [1.165, 1.54) is 0 Å². The lowest BCUT2D eigenvalue weighted by Crippen LogP contribution is -2.70. The Bertz CT molecular complexity index is 810. The molecule has 3 atom stereocenters. The van der Waals surface area contributed by atoms with Crippen LogP contribution in [0.25, 0.3) is 0 Å². The predicted octanol–water partition coefficient (Wildman–Crippen LogP) is 2.28. The molecule has 3 unspecified atom stereocenters. The minimum atomic E-state index is -1.92. The van der Waals surface area contributed by atoms with Crippen molar-refractivity contribution in [1.29, 1.82) is 21.0 Å². The lowest BCUT2D eigenvalue weighted by molar-refractivity contribution is -0.162. The Hall–Kier alpha value is -2.90. The lowest BCUT2D eigenvalue weighted by atomic mass is 9.49. The average molecular weight is 331 g/mol.